The van der Waals surface area contributed by atoms with Crippen molar-refractivity contribution in [3.05, 3.63) is 11.6 Å². The highest BCUT2D eigenvalue weighted by Crippen LogP contribution is 2.43. The van der Waals surface area contributed by atoms with E-state index in [9.17, 15) is 18.0 Å². The summed E-state index contributed by atoms with van der Waals surface area (Å²) in [6.07, 6.45) is -2.03. The van der Waals surface area contributed by atoms with E-state index in [1.807, 2.05) is 0 Å². The van der Waals surface area contributed by atoms with Crippen LogP contribution in [0.3, 0.4) is 0 Å². The third-order valence-corrected chi connectivity index (χ3v) is 2.71. The van der Waals surface area contributed by atoms with Crippen molar-refractivity contribution in [2.45, 2.75) is 38.4 Å². The van der Waals surface area contributed by atoms with Crippen LogP contribution in [-0.4, -0.2) is 33.3 Å². The van der Waals surface area contributed by atoms with Crippen LogP contribution in [0.25, 0.3) is 0 Å². The molecule has 0 aromatic carbocycles. The van der Waals surface area contributed by atoms with Gasteiger partial charge in [0.05, 0.1) is 6.61 Å². The molecule has 5 nitrogen and oxygen atoms in total. The topological polar surface area (TPSA) is 57.0 Å². The van der Waals surface area contributed by atoms with Gasteiger partial charge in [0.25, 0.3) is 11.7 Å². The average Bonchev–Trinajstić information content (AvgIpc) is 2.78. The molecule has 0 amide bonds. The van der Waals surface area contributed by atoms with E-state index in [0.717, 1.165) is 4.68 Å². The van der Waals surface area contributed by atoms with E-state index in [0.29, 0.717) is 6.92 Å². The van der Waals surface area contributed by atoms with Gasteiger partial charge < -0.3 is 4.74 Å². The van der Waals surface area contributed by atoms with Gasteiger partial charge in [-0.1, -0.05) is 0 Å². The molecule has 1 aromatic heterocycles. The number of alkyl halides is 3. The van der Waals surface area contributed by atoms with Crippen LogP contribution in [0, 0.1) is 0 Å². The minimum atomic E-state index is -3.13. The molecule has 0 bridgehead atoms. The number of rotatable bonds is 3. The molecule has 1 aromatic rings. The fraction of sp³-hybridized carbons (Fsp3) is 0.700. The molecule has 0 N–H and O–H groups in total. The number of esters is 1. The van der Waals surface area contributed by atoms with E-state index in [4.69, 9.17) is 0 Å². The Labute approximate surface area is 101 Å². The first-order chi connectivity index (χ1) is 8.34. The third-order valence-electron chi connectivity index (χ3n) is 2.71. The van der Waals surface area contributed by atoms with Crippen LogP contribution in [0.15, 0.2) is 0 Å². The predicted octanol–water partition coefficient (Wildman–Crippen LogP) is 2.07. The summed E-state index contributed by atoms with van der Waals surface area (Å²) < 4.78 is 45.5. The quantitative estimate of drug-likeness (QED) is 0.783. The van der Waals surface area contributed by atoms with Gasteiger partial charge in [-0.3, -0.25) is 0 Å². The zero-order chi connectivity index (χ0) is 13.5. The molecule has 1 aliphatic heterocycles. The van der Waals surface area contributed by atoms with E-state index in [-0.39, 0.29) is 24.7 Å². The molecule has 0 radical (unpaired) electrons. The number of hydrogen-bond donors (Lipinski definition) is 0. The second-order valence-corrected chi connectivity index (χ2v) is 4.13. The van der Waals surface area contributed by atoms with Gasteiger partial charge in [0.1, 0.15) is 6.04 Å². The number of carbonyl (C=O) groups excluding carboxylic acids is 1. The predicted molar refractivity (Wildman–Crippen MR) is 54.1 cm³/mol. The highest BCUT2D eigenvalue weighted by molar-refractivity contribution is 5.85. The molecule has 0 aliphatic carbocycles. The monoisotopic (exact) mass is 263 g/mol. The lowest BCUT2D eigenvalue weighted by molar-refractivity contribution is -0.0373. The van der Waals surface area contributed by atoms with Crippen LogP contribution >= 0.6 is 0 Å². The molecule has 0 fully saturated rings. The van der Waals surface area contributed by atoms with Gasteiger partial charge in [-0.2, -0.15) is 0 Å². The number of carbonyl (C=O) groups is 1. The molecule has 2 heterocycles. The first kappa shape index (κ1) is 12.8. The third kappa shape index (κ3) is 2.06. The zero-order valence-corrected chi connectivity index (χ0v) is 9.86. The van der Waals surface area contributed by atoms with Crippen molar-refractivity contribution >= 4 is 5.97 Å². The minimum absolute atomic E-state index is 0.106. The molecular formula is C10H12F3N3O2. The summed E-state index contributed by atoms with van der Waals surface area (Å²) in [6.45, 7) is 2.38. The Morgan fingerprint density at radius 3 is 2.83 bits per heavy atom. The van der Waals surface area contributed by atoms with Crippen LogP contribution in [0.1, 0.15) is 48.9 Å². The summed E-state index contributed by atoms with van der Waals surface area (Å²) in [5.41, 5.74) is 0. The maximum atomic E-state index is 13.6. The number of halogens is 3. The average molecular weight is 263 g/mol. The lowest BCUT2D eigenvalue weighted by Gasteiger charge is -2.18. The largest absolute Gasteiger partial charge is 0.460 e. The lowest BCUT2D eigenvalue weighted by atomic mass is 10.1. The molecule has 0 spiro atoms. The molecule has 2 rings (SSSR count). The van der Waals surface area contributed by atoms with Crippen molar-refractivity contribution in [1.82, 2.24) is 14.8 Å². The van der Waals surface area contributed by atoms with Crippen LogP contribution < -0.4 is 0 Å². The van der Waals surface area contributed by atoms with Gasteiger partial charge in [0.15, 0.2) is 12.0 Å². The van der Waals surface area contributed by atoms with Gasteiger partial charge in [0, 0.05) is 13.3 Å². The van der Waals surface area contributed by atoms with E-state index in [1.165, 1.54) is 0 Å². The second-order valence-electron chi connectivity index (χ2n) is 4.13. The summed E-state index contributed by atoms with van der Waals surface area (Å²) in [6, 6.07) is -1.42. The highest BCUT2D eigenvalue weighted by Gasteiger charge is 2.46. The van der Waals surface area contributed by atoms with Crippen molar-refractivity contribution in [3.8, 4) is 0 Å². The van der Waals surface area contributed by atoms with Crippen molar-refractivity contribution in [2.75, 3.05) is 6.61 Å². The maximum Gasteiger partial charge on any atom is 0.378 e. The smallest absolute Gasteiger partial charge is 0.378 e. The number of aromatic nitrogens is 3. The Bertz CT molecular complexity index is 469. The number of nitrogens with zero attached hydrogens (tertiary/aromatic N) is 3. The number of fused-ring (bicyclic) bond motifs is 1. The van der Waals surface area contributed by atoms with E-state index in [1.54, 1.807) is 6.92 Å². The molecule has 1 aliphatic rings. The lowest BCUT2D eigenvalue weighted by Crippen LogP contribution is -2.26. The summed E-state index contributed by atoms with van der Waals surface area (Å²) >= 11 is 0. The van der Waals surface area contributed by atoms with Crippen molar-refractivity contribution in [1.29, 1.82) is 0 Å². The second kappa shape index (κ2) is 4.25. The van der Waals surface area contributed by atoms with E-state index < -0.39 is 24.1 Å². The fourth-order valence-electron chi connectivity index (χ4n) is 1.88. The van der Waals surface area contributed by atoms with Gasteiger partial charge in [-0.15, -0.1) is 5.10 Å². The fourth-order valence-corrected chi connectivity index (χ4v) is 1.88. The Morgan fingerprint density at radius 1 is 1.61 bits per heavy atom. The van der Waals surface area contributed by atoms with Gasteiger partial charge >= 0.3 is 5.97 Å². The minimum Gasteiger partial charge on any atom is -0.460 e. The molecule has 0 saturated carbocycles. The Morgan fingerprint density at radius 2 is 2.28 bits per heavy atom. The van der Waals surface area contributed by atoms with E-state index in [2.05, 4.69) is 14.8 Å². The summed E-state index contributed by atoms with van der Waals surface area (Å²) in [7, 11) is 0. The summed E-state index contributed by atoms with van der Waals surface area (Å²) in [5, 5.41) is 3.62. The van der Waals surface area contributed by atoms with Crippen LogP contribution in [0.5, 0.6) is 0 Å². The summed E-state index contributed by atoms with van der Waals surface area (Å²) in [4.78, 5) is 15.0. The van der Waals surface area contributed by atoms with Gasteiger partial charge in [-0.25, -0.2) is 27.6 Å². The van der Waals surface area contributed by atoms with Crippen LogP contribution in [-0.2, 0) is 4.74 Å². The molecule has 2 atom stereocenters. The molecule has 18 heavy (non-hydrogen) atoms. The molecule has 100 valence electrons. The zero-order valence-electron chi connectivity index (χ0n) is 9.86. The standard InChI is InChI=1S/C10H12F3N3O2/c1-3-18-9(17)7-14-8-5(11)4-6(10(2,12)13)16(8)15-7/h5-6H,3-4H2,1-2H3/t5?,6-/m0/s1. The molecule has 8 heteroatoms. The van der Waals surface area contributed by atoms with Gasteiger partial charge in [0.2, 0.25) is 0 Å². The normalized spacial score (nSPS) is 22.9. The Balaban J connectivity index is 2.34. The SMILES string of the molecule is CCOC(=O)c1nc2n(n1)[C@H](C(C)(F)F)CC2F. The van der Waals surface area contributed by atoms with Crippen molar-refractivity contribution in [2.24, 2.45) is 0 Å². The van der Waals surface area contributed by atoms with E-state index >= 15 is 0 Å². The Kier molecular flexibility index (Phi) is 3.04. The summed E-state index contributed by atoms with van der Waals surface area (Å²) in [5.74, 6) is -4.60. The highest BCUT2D eigenvalue weighted by atomic mass is 19.3. The molecular weight excluding hydrogens is 251 g/mol. The Hall–Kier alpha value is -1.60. The van der Waals surface area contributed by atoms with Gasteiger partial charge in [-0.05, 0) is 6.92 Å². The first-order valence-electron chi connectivity index (χ1n) is 5.50. The molecule has 0 saturated heterocycles. The number of ether oxygens (including phenoxy) is 1. The maximum absolute atomic E-state index is 13.6. The van der Waals surface area contributed by atoms with Crippen molar-refractivity contribution < 1.29 is 22.7 Å². The van der Waals surface area contributed by atoms with Crippen LogP contribution in [0.2, 0.25) is 0 Å². The first-order valence-corrected chi connectivity index (χ1v) is 5.50. The van der Waals surface area contributed by atoms with Crippen LogP contribution in [0.4, 0.5) is 13.2 Å². The van der Waals surface area contributed by atoms with Crippen molar-refractivity contribution in [3.63, 3.8) is 0 Å². The number of hydrogen-bond acceptors (Lipinski definition) is 4. The molecule has 1 unspecified atom stereocenters.